The highest BCUT2D eigenvalue weighted by Gasteiger charge is 2.33. The highest BCUT2D eigenvalue weighted by Crippen LogP contribution is 2.32. The van der Waals surface area contributed by atoms with Crippen molar-refractivity contribution < 1.29 is 14.3 Å². The Morgan fingerprint density at radius 1 is 1.16 bits per heavy atom. The Bertz CT molecular complexity index is 1520. The van der Waals surface area contributed by atoms with Crippen LogP contribution in [0, 0.1) is 5.92 Å². The van der Waals surface area contributed by atoms with Gasteiger partial charge in [-0.2, -0.15) is 0 Å². The normalized spacial score (nSPS) is 15.5. The van der Waals surface area contributed by atoms with Crippen molar-refractivity contribution >= 4 is 46.6 Å². The largest absolute Gasteiger partial charge is 0.494 e. The summed E-state index contributed by atoms with van der Waals surface area (Å²) in [6.45, 7) is 8.63. The van der Waals surface area contributed by atoms with Crippen LogP contribution in [0.25, 0.3) is 6.08 Å². The van der Waals surface area contributed by atoms with E-state index in [1.54, 1.807) is 35.8 Å². The van der Waals surface area contributed by atoms with Crippen molar-refractivity contribution in [3.05, 3.63) is 94.6 Å². The summed E-state index contributed by atoms with van der Waals surface area (Å²) in [6.07, 6.45) is 2.65. The van der Waals surface area contributed by atoms with E-state index >= 15 is 0 Å². The van der Waals surface area contributed by atoms with E-state index in [1.807, 2.05) is 45.0 Å². The van der Waals surface area contributed by atoms with Crippen LogP contribution in [0.4, 0.5) is 0 Å². The zero-order chi connectivity index (χ0) is 26.7. The van der Waals surface area contributed by atoms with Crippen molar-refractivity contribution in [2.24, 2.45) is 10.9 Å². The van der Waals surface area contributed by atoms with Gasteiger partial charge in [-0.25, -0.2) is 9.79 Å². The Morgan fingerprint density at radius 2 is 1.89 bits per heavy atom. The van der Waals surface area contributed by atoms with Gasteiger partial charge in [0.15, 0.2) is 4.80 Å². The molecule has 2 aromatic carbocycles. The molecule has 0 bridgehead atoms. The van der Waals surface area contributed by atoms with Gasteiger partial charge in [0.2, 0.25) is 0 Å². The molecule has 9 heteroatoms. The van der Waals surface area contributed by atoms with Gasteiger partial charge in [-0.05, 0) is 60.7 Å². The van der Waals surface area contributed by atoms with Crippen LogP contribution in [-0.2, 0) is 9.53 Å². The number of aromatic nitrogens is 1. The second kappa shape index (κ2) is 11.7. The number of benzene rings is 2. The smallest absolute Gasteiger partial charge is 0.338 e. The average molecular weight is 560 g/mol. The summed E-state index contributed by atoms with van der Waals surface area (Å²) >= 11 is 13.5. The van der Waals surface area contributed by atoms with E-state index < -0.39 is 12.0 Å². The Balaban J connectivity index is 1.85. The van der Waals surface area contributed by atoms with E-state index in [0.717, 1.165) is 23.3 Å². The molecule has 37 heavy (non-hydrogen) atoms. The highest BCUT2D eigenvalue weighted by atomic mass is 35.5. The number of esters is 1. The molecule has 1 aromatic heterocycles. The number of halogens is 2. The standard InChI is InChI=1S/C28H28Cl2N2O4S/c1-5-12-35-20-9-7-19(8-10-20)25-24(27(34)36-15-16(2)3)17(4)31-28-32(25)26(33)23(37-28)14-18-6-11-21(29)22(30)13-18/h6-11,13-14,16,25H,5,12,15H2,1-4H3/b23-14-. The fraction of sp³-hybridized carbons (Fsp3) is 0.321. The molecule has 4 rings (SSSR count). The zero-order valence-corrected chi connectivity index (χ0v) is 23.4. The average Bonchev–Trinajstić information content (AvgIpc) is 3.17. The number of ether oxygens (including phenoxy) is 2. The quantitative estimate of drug-likeness (QED) is 0.341. The molecule has 3 aromatic rings. The summed E-state index contributed by atoms with van der Waals surface area (Å²) in [5, 5.41) is 0.837. The predicted octanol–water partition coefficient (Wildman–Crippen LogP) is 5.53. The third-order valence-corrected chi connectivity index (χ3v) is 7.42. The highest BCUT2D eigenvalue weighted by molar-refractivity contribution is 7.07. The first kappa shape index (κ1) is 27.2. The number of carbonyl (C=O) groups excluding carboxylic acids is 1. The van der Waals surface area contributed by atoms with Crippen LogP contribution in [0.15, 0.2) is 63.5 Å². The van der Waals surface area contributed by atoms with E-state index in [-0.39, 0.29) is 18.1 Å². The summed E-state index contributed by atoms with van der Waals surface area (Å²) in [6, 6.07) is 11.9. The fourth-order valence-electron chi connectivity index (χ4n) is 3.94. The molecule has 0 N–H and O–H groups in total. The number of hydrogen-bond donors (Lipinski definition) is 0. The number of fused-ring (bicyclic) bond motifs is 1. The lowest BCUT2D eigenvalue weighted by atomic mass is 9.96. The van der Waals surface area contributed by atoms with Crippen LogP contribution >= 0.6 is 34.5 Å². The molecule has 0 radical (unpaired) electrons. The summed E-state index contributed by atoms with van der Waals surface area (Å²) in [5.74, 6) is 0.415. The minimum atomic E-state index is -0.688. The first-order valence-corrected chi connectivity index (χ1v) is 13.6. The van der Waals surface area contributed by atoms with Gasteiger partial charge in [0.1, 0.15) is 5.75 Å². The van der Waals surface area contributed by atoms with E-state index in [9.17, 15) is 9.59 Å². The number of allylic oxidation sites excluding steroid dienone is 1. The molecule has 0 amide bonds. The molecule has 0 aliphatic carbocycles. The summed E-state index contributed by atoms with van der Waals surface area (Å²) in [7, 11) is 0. The van der Waals surface area contributed by atoms with Crippen LogP contribution < -0.4 is 19.6 Å². The van der Waals surface area contributed by atoms with E-state index in [0.29, 0.717) is 37.3 Å². The lowest BCUT2D eigenvalue weighted by Crippen LogP contribution is -2.40. The van der Waals surface area contributed by atoms with Gasteiger partial charge in [0.05, 0.1) is 45.1 Å². The predicted molar refractivity (Wildman–Crippen MR) is 148 cm³/mol. The molecule has 0 saturated heterocycles. The van der Waals surface area contributed by atoms with Crippen LogP contribution in [0.5, 0.6) is 5.75 Å². The van der Waals surface area contributed by atoms with Gasteiger partial charge < -0.3 is 9.47 Å². The maximum atomic E-state index is 13.7. The summed E-state index contributed by atoms with van der Waals surface area (Å²) < 4.78 is 13.4. The van der Waals surface area contributed by atoms with Gasteiger partial charge in [0, 0.05) is 0 Å². The van der Waals surface area contributed by atoms with Crippen LogP contribution in [0.2, 0.25) is 10.0 Å². The SMILES string of the molecule is CCCOc1ccc(C2C(C(=O)OCC(C)C)=C(C)N=c3s/c(=C\c4ccc(Cl)c(Cl)c4)c(=O)n32)cc1. The summed E-state index contributed by atoms with van der Waals surface area (Å²) in [4.78, 5) is 32.1. The third-order valence-electron chi connectivity index (χ3n) is 5.70. The zero-order valence-electron chi connectivity index (χ0n) is 21.1. The van der Waals surface area contributed by atoms with Crippen molar-refractivity contribution in [3.8, 4) is 5.75 Å². The molecular formula is C28H28Cl2N2O4S. The molecule has 6 nitrogen and oxygen atoms in total. The number of nitrogens with zero attached hydrogens (tertiary/aromatic N) is 2. The van der Waals surface area contributed by atoms with Crippen LogP contribution in [0.3, 0.4) is 0 Å². The van der Waals surface area contributed by atoms with Crippen LogP contribution in [-0.4, -0.2) is 23.8 Å². The maximum Gasteiger partial charge on any atom is 0.338 e. The molecular weight excluding hydrogens is 531 g/mol. The molecule has 194 valence electrons. The molecule has 0 saturated carbocycles. The lowest BCUT2D eigenvalue weighted by molar-refractivity contribution is -0.140. The van der Waals surface area contributed by atoms with Gasteiger partial charge in [-0.15, -0.1) is 0 Å². The Hall–Kier alpha value is -2.87. The number of rotatable bonds is 8. The number of carbonyl (C=O) groups is 1. The monoisotopic (exact) mass is 558 g/mol. The van der Waals surface area contributed by atoms with Gasteiger partial charge in [-0.1, -0.05) is 73.5 Å². The molecule has 1 atom stereocenters. The van der Waals surface area contributed by atoms with E-state index in [4.69, 9.17) is 32.7 Å². The van der Waals surface area contributed by atoms with Crippen molar-refractivity contribution in [2.45, 2.75) is 40.2 Å². The molecule has 2 heterocycles. The van der Waals surface area contributed by atoms with E-state index in [1.165, 1.54) is 11.3 Å². The van der Waals surface area contributed by atoms with Crippen molar-refractivity contribution in [3.63, 3.8) is 0 Å². The third kappa shape index (κ3) is 6.00. The van der Waals surface area contributed by atoms with Crippen molar-refractivity contribution in [1.82, 2.24) is 4.57 Å². The van der Waals surface area contributed by atoms with Gasteiger partial charge >= 0.3 is 5.97 Å². The molecule has 0 fully saturated rings. The minimum absolute atomic E-state index is 0.172. The second-order valence-corrected chi connectivity index (χ2v) is 11.0. The van der Waals surface area contributed by atoms with Crippen molar-refractivity contribution in [1.29, 1.82) is 0 Å². The number of thiazole rings is 1. The number of hydrogen-bond acceptors (Lipinski definition) is 6. The van der Waals surface area contributed by atoms with Gasteiger partial charge in [0.25, 0.3) is 5.56 Å². The first-order valence-electron chi connectivity index (χ1n) is 12.1. The first-order chi connectivity index (χ1) is 17.7. The lowest BCUT2D eigenvalue weighted by Gasteiger charge is -2.25. The summed E-state index contributed by atoms with van der Waals surface area (Å²) in [5.41, 5.74) is 2.11. The Morgan fingerprint density at radius 3 is 2.54 bits per heavy atom. The molecule has 1 aliphatic rings. The van der Waals surface area contributed by atoms with Gasteiger partial charge in [-0.3, -0.25) is 9.36 Å². The van der Waals surface area contributed by atoms with Crippen LogP contribution in [0.1, 0.15) is 51.3 Å². The Labute approximate surface area is 229 Å². The molecule has 1 unspecified atom stereocenters. The Kier molecular flexibility index (Phi) is 8.57. The molecule has 0 spiro atoms. The topological polar surface area (TPSA) is 69.9 Å². The maximum absolute atomic E-state index is 13.7. The van der Waals surface area contributed by atoms with E-state index in [2.05, 4.69) is 4.99 Å². The second-order valence-electron chi connectivity index (χ2n) is 9.17. The fourth-order valence-corrected chi connectivity index (χ4v) is 5.29. The minimum Gasteiger partial charge on any atom is -0.494 e. The molecule has 1 aliphatic heterocycles. The van der Waals surface area contributed by atoms with Crippen molar-refractivity contribution in [2.75, 3.05) is 13.2 Å².